The second-order valence-electron chi connectivity index (χ2n) is 4.46. The van der Waals surface area contributed by atoms with Gasteiger partial charge >= 0.3 is 0 Å². The molecule has 0 aliphatic heterocycles. The number of rotatable bonds is 4. The van der Waals surface area contributed by atoms with Crippen molar-refractivity contribution in [2.45, 2.75) is 0 Å². The molecule has 3 N–H and O–H groups in total. The highest BCUT2D eigenvalue weighted by Crippen LogP contribution is 2.32. The Kier molecular flexibility index (Phi) is 4.20. The van der Waals surface area contributed by atoms with Crippen LogP contribution < -0.4 is 15.8 Å². The van der Waals surface area contributed by atoms with Gasteiger partial charge in [0.2, 0.25) is 5.88 Å². The number of nitrogens with zero attached hydrogens (tertiary/aromatic N) is 2. The third kappa shape index (κ3) is 3.17. The Morgan fingerprint density at radius 3 is 2.45 bits per heavy atom. The Balaban J connectivity index is 1.88. The summed E-state index contributed by atoms with van der Waals surface area (Å²) >= 11 is 3.47. The van der Waals surface area contributed by atoms with Gasteiger partial charge in [0.15, 0.2) is 5.82 Å². The van der Waals surface area contributed by atoms with Crippen LogP contribution in [0.3, 0.4) is 0 Å². The van der Waals surface area contributed by atoms with E-state index in [9.17, 15) is 0 Å². The van der Waals surface area contributed by atoms with E-state index >= 15 is 0 Å². The molecule has 0 radical (unpaired) electrons. The summed E-state index contributed by atoms with van der Waals surface area (Å²) in [5.41, 5.74) is 7.31. The molecule has 5 nitrogen and oxygen atoms in total. The van der Waals surface area contributed by atoms with Gasteiger partial charge in [-0.15, -0.1) is 0 Å². The molecule has 6 heteroatoms. The molecule has 0 aliphatic carbocycles. The van der Waals surface area contributed by atoms with Crippen LogP contribution in [0, 0.1) is 0 Å². The van der Waals surface area contributed by atoms with Crippen LogP contribution in [-0.4, -0.2) is 9.97 Å². The van der Waals surface area contributed by atoms with E-state index in [1.807, 2.05) is 54.6 Å². The highest BCUT2D eigenvalue weighted by molar-refractivity contribution is 9.10. The van der Waals surface area contributed by atoms with Crippen molar-refractivity contribution in [3.8, 4) is 11.6 Å². The summed E-state index contributed by atoms with van der Waals surface area (Å²) in [7, 11) is 0. The third-order valence-corrected chi connectivity index (χ3v) is 3.62. The van der Waals surface area contributed by atoms with Crippen molar-refractivity contribution in [1.29, 1.82) is 0 Å². The van der Waals surface area contributed by atoms with Gasteiger partial charge in [-0.05, 0) is 40.2 Å². The van der Waals surface area contributed by atoms with Gasteiger partial charge in [0.1, 0.15) is 17.8 Å². The molecule has 0 spiro atoms. The van der Waals surface area contributed by atoms with Crippen LogP contribution in [0.15, 0.2) is 65.4 Å². The number of aromatic nitrogens is 2. The van der Waals surface area contributed by atoms with Crippen LogP contribution in [0.2, 0.25) is 0 Å². The number of nitrogens with one attached hydrogen (secondary N) is 1. The highest BCUT2D eigenvalue weighted by atomic mass is 79.9. The Bertz CT molecular complexity index is 780. The summed E-state index contributed by atoms with van der Waals surface area (Å²) in [5, 5.41) is 3.16. The van der Waals surface area contributed by atoms with E-state index in [0.717, 1.165) is 10.2 Å². The summed E-state index contributed by atoms with van der Waals surface area (Å²) in [6.45, 7) is 0. The molecule has 22 heavy (non-hydrogen) atoms. The Morgan fingerprint density at radius 1 is 0.955 bits per heavy atom. The molecule has 110 valence electrons. The van der Waals surface area contributed by atoms with Crippen LogP contribution in [0.5, 0.6) is 11.6 Å². The maximum atomic E-state index is 6.10. The summed E-state index contributed by atoms with van der Waals surface area (Å²) in [5.74, 6) is 1.48. The fraction of sp³-hybridized carbons (Fsp3) is 0. The number of nitrogens with two attached hydrogens (primary N) is 1. The first-order chi connectivity index (χ1) is 10.7. The van der Waals surface area contributed by atoms with Crippen LogP contribution in [0.4, 0.5) is 17.2 Å². The standard InChI is InChI=1S/C16H13BrN4O/c17-12-8-4-5-9-13(12)21-15-14(18)16(20-10-19-15)22-11-6-2-1-3-7-11/h1-10H,18H2,(H,19,20,21). The lowest BCUT2D eigenvalue weighted by molar-refractivity contribution is 0.464. The molecule has 2 aromatic carbocycles. The van der Waals surface area contributed by atoms with E-state index in [1.54, 1.807) is 0 Å². The zero-order valence-corrected chi connectivity index (χ0v) is 13.1. The zero-order chi connectivity index (χ0) is 15.4. The lowest BCUT2D eigenvalue weighted by Gasteiger charge is -2.12. The maximum Gasteiger partial charge on any atom is 0.248 e. The predicted molar refractivity (Wildman–Crippen MR) is 90.4 cm³/mol. The average molecular weight is 357 g/mol. The molecule has 0 amide bonds. The molecule has 0 fully saturated rings. The van der Waals surface area contributed by atoms with Crippen molar-refractivity contribution in [2.75, 3.05) is 11.1 Å². The van der Waals surface area contributed by atoms with Crippen molar-refractivity contribution in [3.05, 3.63) is 65.4 Å². The van der Waals surface area contributed by atoms with Gasteiger partial charge in [0.25, 0.3) is 0 Å². The Hall–Kier alpha value is -2.60. The minimum Gasteiger partial charge on any atom is -0.437 e. The SMILES string of the molecule is Nc1c(Nc2ccccc2Br)ncnc1Oc1ccccc1. The lowest BCUT2D eigenvalue weighted by Crippen LogP contribution is -2.03. The summed E-state index contributed by atoms with van der Waals surface area (Å²) in [6, 6.07) is 17.1. The van der Waals surface area contributed by atoms with E-state index in [4.69, 9.17) is 10.5 Å². The van der Waals surface area contributed by atoms with Crippen molar-refractivity contribution < 1.29 is 4.74 Å². The Morgan fingerprint density at radius 2 is 1.68 bits per heavy atom. The highest BCUT2D eigenvalue weighted by Gasteiger charge is 2.11. The van der Waals surface area contributed by atoms with Crippen molar-refractivity contribution in [2.24, 2.45) is 0 Å². The number of para-hydroxylation sites is 2. The number of ether oxygens (including phenoxy) is 1. The topological polar surface area (TPSA) is 73.1 Å². The van der Waals surface area contributed by atoms with Crippen molar-refractivity contribution in [1.82, 2.24) is 9.97 Å². The number of halogens is 1. The van der Waals surface area contributed by atoms with E-state index in [0.29, 0.717) is 23.1 Å². The van der Waals surface area contributed by atoms with Crippen molar-refractivity contribution in [3.63, 3.8) is 0 Å². The zero-order valence-electron chi connectivity index (χ0n) is 11.5. The average Bonchev–Trinajstić information content (AvgIpc) is 2.54. The fourth-order valence-corrected chi connectivity index (χ4v) is 2.23. The quantitative estimate of drug-likeness (QED) is 0.726. The first-order valence-corrected chi connectivity index (χ1v) is 7.38. The molecule has 0 unspecified atom stereocenters. The molecule has 1 heterocycles. The van der Waals surface area contributed by atoms with Gasteiger partial charge in [0.05, 0.1) is 5.69 Å². The first-order valence-electron chi connectivity index (χ1n) is 6.59. The normalized spacial score (nSPS) is 10.2. The third-order valence-electron chi connectivity index (χ3n) is 2.93. The molecular weight excluding hydrogens is 344 g/mol. The molecule has 0 aliphatic rings. The molecular formula is C16H13BrN4O. The van der Waals surface area contributed by atoms with E-state index in [-0.39, 0.29) is 0 Å². The minimum absolute atomic E-state index is 0.316. The van der Waals surface area contributed by atoms with E-state index in [1.165, 1.54) is 6.33 Å². The largest absolute Gasteiger partial charge is 0.437 e. The number of hydrogen-bond donors (Lipinski definition) is 2. The summed E-state index contributed by atoms with van der Waals surface area (Å²) in [4.78, 5) is 8.26. The monoisotopic (exact) mass is 356 g/mol. The van der Waals surface area contributed by atoms with Crippen LogP contribution in [0.25, 0.3) is 0 Å². The minimum atomic E-state index is 0.316. The molecule has 0 saturated carbocycles. The van der Waals surface area contributed by atoms with Gasteiger partial charge in [-0.2, -0.15) is 4.98 Å². The van der Waals surface area contributed by atoms with Crippen molar-refractivity contribution >= 4 is 33.1 Å². The summed E-state index contributed by atoms with van der Waals surface area (Å²) in [6.07, 6.45) is 1.41. The smallest absolute Gasteiger partial charge is 0.248 e. The molecule has 0 saturated heterocycles. The number of anilines is 3. The summed E-state index contributed by atoms with van der Waals surface area (Å²) < 4.78 is 6.61. The molecule has 3 rings (SSSR count). The van der Waals surface area contributed by atoms with Gasteiger partial charge < -0.3 is 15.8 Å². The predicted octanol–water partition coefficient (Wildman–Crippen LogP) is 4.36. The van der Waals surface area contributed by atoms with Gasteiger partial charge in [-0.1, -0.05) is 30.3 Å². The lowest BCUT2D eigenvalue weighted by atomic mass is 10.3. The fourth-order valence-electron chi connectivity index (χ4n) is 1.85. The van der Waals surface area contributed by atoms with Gasteiger partial charge in [-0.25, -0.2) is 4.98 Å². The molecule has 0 atom stereocenters. The molecule has 1 aromatic heterocycles. The van der Waals surface area contributed by atoms with Gasteiger partial charge in [-0.3, -0.25) is 0 Å². The first kappa shape index (κ1) is 14.3. The number of benzene rings is 2. The molecule has 3 aromatic rings. The van der Waals surface area contributed by atoms with Crippen LogP contribution >= 0.6 is 15.9 Å². The molecule has 0 bridgehead atoms. The second-order valence-corrected chi connectivity index (χ2v) is 5.32. The van der Waals surface area contributed by atoms with E-state index < -0.39 is 0 Å². The number of hydrogen-bond acceptors (Lipinski definition) is 5. The van der Waals surface area contributed by atoms with E-state index in [2.05, 4.69) is 31.2 Å². The maximum absolute atomic E-state index is 6.10. The van der Waals surface area contributed by atoms with Crippen LogP contribution in [-0.2, 0) is 0 Å². The Labute approximate surface area is 136 Å². The van der Waals surface area contributed by atoms with Crippen LogP contribution in [0.1, 0.15) is 0 Å². The van der Waals surface area contributed by atoms with Gasteiger partial charge in [0, 0.05) is 4.47 Å². The number of nitrogen functional groups attached to an aromatic ring is 1. The second kappa shape index (κ2) is 6.44.